The Kier molecular flexibility index (Phi) is 1.11. The summed E-state index contributed by atoms with van der Waals surface area (Å²) < 4.78 is 12.5. The highest BCUT2D eigenvalue weighted by Gasteiger charge is 2.65. The molecule has 60 valence electrons. The van der Waals surface area contributed by atoms with E-state index in [0.29, 0.717) is 0 Å². The van der Waals surface area contributed by atoms with Crippen LogP contribution in [-0.4, -0.2) is 23.0 Å². The predicted octanol–water partition coefficient (Wildman–Crippen LogP) is 0.244. The smallest absolute Gasteiger partial charge is 0.307 e. The lowest BCUT2D eigenvalue weighted by molar-refractivity contribution is -0.141. The van der Waals surface area contributed by atoms with Crippen molar-refractivity contribution in [3.05, 3.63) is 0 Å². The molecule has 2 aliphatic rings. The number of rotatable bonds is 1. The molecule has 2 saturated carbocycles. The Morgan fingerprint density at radius 3 is 2.64 bits per heavy atom. The molecule has 0 saturated heterocycles. The molecule has 0 aromatic carbocycles. The average molecular weight is 158 g/mol. The molecule has 11 heavy (non-hydrogen) atoms. The van der Waals surface area contributed by atoms with E-state index in [-0.39, 0.29) is 12.3 Å². The number of carbonyl (C=O) groups is 2. The van der Waals surface area contributed by atoms with Crippen LogP contribution in [0.1, 0.15) is 6.42 Å². The number of aliphatic carboxylic acids is 1. The molecule has 0 aliphatic heterocycles. The van der Waals surface area contributed by atoms with E-state index < -0.39 is 29.8 Å². The highest BCUT2D eigenvalue weighted by atomic mass is 19.1. The van der Waals surface area contributed by atoms with Crippen LogP contribution < -0.4 is 0 Å². The van der Waals surface area contributed by atoms with Gasteiger partial charge in [0.1, 0.15) is 0 Å². The molecule has 0 amide bonds. The van der Waals surface area contributed by atoms with Crippen molar-refractivity contribution in [2.75, 3.05) is 0 Å². The molecular formula is C7H7FO3. The number of hydrogen-bond acceptors (Lipinski definition) is 2. The Morgan fingerprint density at radius 1 is 1.64 bits per heavy atom. The molecule has 0 spiro atoms. The van der Waals surface area contributed by atoms with Gasteiger partial charge in [-0.1, -0.05) is 0 Å². The fourth-order valence-corrected chi connectivity index (χ4v) is 1.96. The molecule has 1 N–H and O–H groups in total. The van der Waals surface area contributed by atoms with Gasteiger partial charge in [-0.3, -0.25) is 9.59 Å². The summed E-state index contributed by atoms with van der Waals surface area (Å²) in [5.41, 5.74) is 0. The van der Waals surface area contributed by atoms with Gasteiger partial charge in [-0.15, -0.1) is 0 Å². The van der Waals surface area contributed by atoms with Gasteiger partial charge in [-0.25, -0.2) is 4.39 Å². The van der Waals surface area contributed by atoms with E-state index in [1.807, 2.05) is 0 Å². The van der Waals surface area contributed by atoms with E-state index >= 15 is 0 Å². The van der Waals surface area contributed by atoms with Gasteiger partial charge in [0.05, 0.1) is 5.92 Å². The number of fused-ring (bicyclic) bond motifs is 1. The standard InChI is InChI=1S/C7H7FO3/c8-3-1-2-4(6(3)9)5(2)7(10)11/h2-5H,1H2,(H,10,11)/t2-,3+,4+,5+/m1/s1. The van der Waals surface area contributed by atoms with Gasteiger partial charge < -0.3 is 5.11 Å². The molecule has 4 atom stereocenters. The van der Waals surface area contributed by atoms with E-state index in [9.17, 15) is 14.0 Å². The summed E-state index contributed by atoms with van der Waals surface area (Å²) in [5, 5.41) is 8.49. The van der Waals surface area contributed by atoms with Crippen molar-refractivity contribution in [3.8, 4) is 0 Å². The topological polar surface area (TPSA) is 54.4 Å². The van der Waals surface area contributed by atoms with Gasteiger partial charge >= 0.3 is 5.97 Å². The number of alkyl halides is 1. The van der Waals surface area contributed by atoms with Crippen LogP contribution in [-0.2, 0) is 9.59 Å². The minimum absolute atomic E-state index is 0.125. The second-order valence-corrected chi connectivity index (χ2v) is 3.16. The lowest BCUT2D eigenvalue weighted by Gasteiger charge is -1.99. The molecule has 2 rings (SSSR count). The van der Waals surface area contributed by atoms with Gasteiger partial charge in [0.15, 0.2) is 12.0 Å². The Labute approximate surface area is 62.2 Å². The van der Waals surface area contributed by atoms with E-state index in [1.165, 1.54) is 0 Å². The van der Waals surface area contributed by atoms with Crippen LogP contribution in [0.25, 0.3) is 0 Å². The summed E-state index contributed by atoms with van der Waals surface area (Å²) in [7, 11) is 0. The summed E-state index contributed by atoms with van der Waals surface area (Å²) >= 11 is 0. The molecular weight excluding hydrogens is 151 g/mol. The van der Waals surface area contributed by atoms with Gasteiger partial charge in [0.25, 0.3) is 0 Å². The second kappa shape index (κ2) is 1.81. The number of carboxylic acids is 1. The SMILES string of the molecule is O=C(O)[C@H]1[C@@H]2C[C@H](F)C(=O)[C@@H]21. The van der Waals surface area contributed by atoms with Crippen LogP contribution in [0.3, 0.4) is 0 Å². The molecule has 2 aliphatic carbocycles. The fraction of sp³-hybridized carbons (Fsp3) is 0.714. The van der Waals surface area contributed by atoms with Crippen LogP contribution in [0.5, 0.6) is 0 Å². The summed E-state index contributed by atoms with van der Waals surface area (Å²) in [4.78, 5) is 21.2. The quantitative estimate of drug-likeness (QED) is 0.594. The fourth-order valence-electron chi connectivity index (χ4n) is 1.96. The van der Waals surface area contributed by atoms with Crippen molar-refractivity contribution >= 4 is 11.8 Å². The first-order chi connectivity index (χ1) is 5.13. The van der Waals surface area contributed by atoms with E-state index in [2.05, 4.69) is 0 Å². The van der Waals surface area contributed by atoms with Crippen LogP contribution in [0.15, 0.2) is 0 Å². The highest BCUT2D eigenvalue weighted by Crippen LogP contribution is 2.56. The van der Waals surface area contributed by atoms with Gasteiger partial charge in [0, 0.05) is 5.92 Å². The summed E-state index contributed by atoms with van der Waals surface area (Å²) in [6.45, 7) is 0. The molecule has 0 aromatic rings. The minimum atomic E-state index is -1.39. The Hall–Kier alpha value is -0.930. The molecule has 2 fully saturated rings. The average Bonchev–Trinajstić information content (AvgIpc) is 2.54. The van der Waals surface area contributed by atoms with Crippen molar-refractivity contribution in [1.82, 2.24) is 0 Å². The number of hydrogen-bond donors (Lipinski definition) is 1. The molecule has 0 unspecified atom stereocenters. The molecule has 0 aromatic heterocycles. The van der Waals surface area contributed by atoms with Crippen molar-refractivity contribution in [2.45, 2.75) is 12.6 Å². The van der Waals surface area contributed by atoms with Crippen molar-refractivity contribution < 1.29 is 19.1 Å². The van der Waals surface area contributed by atoms with Crippen LogP contribution in [0, 0.1) is 17.8 Å². The van der Waals surface area contributed by atoms with Crippen molar-refractivity contribution in [2.24, 2.45) is 17.8 Å². The summed E-state index contributed by atoms with van der Waals surface area (Å²) in [6.07, 6.45) is -1.26. The van der Waals surface area contributed by atoms with Crippen LogP contribution in [0.2, 0.25) is 0 Å². The Bertz CT molecular complexity index is 238. The molecule has 0 bridgehead atoms. The van der Waals surface area contributed by atoms with E-state index in [1.54, 1.807) is 0 Å². The Morgan fingerprint density at radius 2 is 2.27 bits per heavy atom. The first kappa shape index (κ1) is 6.76. The zero-order valence-corrected chi connectivity index (χ0v) is 5.66. The third-order valence-corrected chi connectivity index (χ3v) is 2.57. The number of halogens is 1. The largest absolute Gasteiger partial charge is 0.481 e. The maximum atomic E-state index is 12.5. The summed E-state index contributed by atoms with van der Waals surface area (Å²) in [5.74, 6) is -2.73. The number of Topliss-reactive ketones (excluding diaryl/α,β-unsaturated/α-hetero) is 1. The first-order valence-electron chi connectivity index (χ1n) is 3.53. The van der Waals surface area contributed by atoms with Gasteiger partial charge in [-0.2, -0.15) is 0 Å². The number of ketones is 1. The van der Waals surface area contributed by atoms with E-state index in [4.69, 9.17) is 5.11 Å². The van der Waals surface area contributed by atoms with Crippen molar-refractivity contribution in [1.29, 1.82) is 0 Å². The normalized spacial score (nSPS) is 47.2. The Balaban J connectivity index is 2.11. The van der Waals surface area contributed by atoms with Gasteiger partial charge in [-0.05, 0) is 12.3 Å². The summed E-state index contributed by atoms with van der Waals surface area (Å²) in [6, 6.07) is 0. The van der Waals surface area contributed by atoms with Crippen LogP contribution in [0.4, 0.5) is 4.39 Å². The highest BCUT2D eigenvalue weighted by molar-refractivity contribution is 5.97. The van der Waals surface area contributed by atoms with E-state index in [0.717, 1.165) is 0 Å². The predicted molar refractivity (Wildman–Crippen MR) is 32.6 cm³/mol. The van der Waals surface area contributed by atoms with Crippen LogP contribution >= 0.6 is 0 Å². The molecule has 4 heteroatoms. The lowest BCUT2D eigenvalue weighted by Crippen LogP contribution is -2.17. The maximum Gasteiger partial charge on any atom is 0.307 e. The number of carbonyl (C=O) groups excluding carboxylic acids is 1. The second-order valence-electron chi connectivity index (χ2n) is 3.16. The zero-order chi connectivity index (χ0) is 8.17. The maximum absolute atomic E-state index is 12.5. The first-order valence-corrected chi connectivity index (χ1v) is 3.53. The van der Waals surface area contributed by atoms with Crippen molar-refractivity contribution in [3.63, 3.8) is 0 Å². The third-order valence-electron chi connectivity index (χ3n) is 2.57. The molecule has 0 heterocycles. The third kappa shape index (κ3) is 0.721. The zero-order valence-electron chi connectivity index (χ0n) is 5.66. The van der Waals surface area contributed by atoms with Gasteiger partial charge in [0.2, 0.25) is 0 Å². The monoisotopic (exact) mass is 158 g/mol. The molecule has 3 nitrogen and oxygen atoms in total. The minimum Gasteiger partial charge on any atom is -0.481 e. The number of carboxylic acid groups (broad SMARTS) is 1. The lowest BCUT2D eigenvalue weighted by atomic mass is 10.1. The molecule has 0 radical (unpaired) electrons.